The monoisotopic (exact) mass is 1040 g/mol. The fourth-order valence-electron chi connectivity index (χ4n) is 8.81. The van der Waals surface area contributed by atoms with E-state index in [-0.39, 0.29) is 32.2 Å². The maximum absolute atomic E-state index is 12.9. The van der Waals surface area contributed by atoms with Crippen molar-refractivity contribution >= 4 is 17.9 Å². The maximum atomic E-state index is 12.9. The molecule has 0 rings (SSSR count). The van der Waals surface area contributed by atoms with E-state index in [0.29, 0.717) is 17.4 Å². The van der Waals surface area contributed by atoms with Crippen molar-refractivity contribution in [2.24, 2.45) is 0 Å². The minimum atomic E-state index is -1.51. The molecule has 0 bridgehead atoms. The Morgan fingerprint density at radius 2 is 0.770 bits per heavy atom. The van der Waals surface area contributed by atoms with E-state index in [0.717, 1.165) is 70.6 Å². The van der Waals surface area contributed by atoms with Gasteiger partial charge in [0.1, 0.15) is 13.2 Å². The minimum absolute atomic E-state index is 0.179. The quantitative estimate of drug-likeness (QED) is 0.0211. The number of esters is 2. The van der Waals surface area contributed by atoms with Crippen LogP contribution in [0.4, 0.5) is 0 Å². The molecule has 0 saturated heterocycles. The largest absolute Gasteiger partial charge is 0.477 e. The number of carbonyl (C=O) groups is 3. The number of nitrogens with zero attached hydrogens (tertiary/aromatic N) is 1. The molecule has 9 nitrogen and oxygen atoms in total. The number of carboxylic acid groups (broad SMARTS) is 1. The van der Waals surface area contributed by atoms with Crippen LogP contribution < -0.4 is 0 Å². The second-order valence-corrected chi connectivity index (χ2v) is 22.0. The molecule has 2 atom stereocenters. The number of aliphatic carboxylic acids is 1. The Balaban J connectivity index is 4.14. The maximum Gasteiger partial charge on any atom is 0.361 e. The van der Waals surface area contributed by atoms with Gasteiger partial charge < -0.3 is 28.5 Å². The number of carboxylic acids is 1. The van der Waals surface area contributed by atoms with Crippen molar-refractivity contribution < 1.29 is 42.9 Å². The predicted molar refractivity (Wildman–Crippen MR) is 313 cm³/mol. The fraction of sp³-hybridized carbons (Fsp3) is 0.800. The van der Waals surface area contributed by atoms with Crippen molar-refractivity contribution in [3.63, 3.8) is 0 Å². The molecular weight excluding hydrogens is 923 g/mol. The van der Waals surface area contributed by atoms with Crippen LogP contribution in [0.5, 0.6) is 0 Å². The van der Waals surface area contributed by atoms with Gasteiger partial charge in [0, 0.05) is 12.8 Å². The summed E-state index contributed by atoms with van der Waals surface area (Å²) in [6.07, 6.45) is 68.8. The Morgan fingerprint density at radius 1 is 0.419 bits per heavy atom. The molecule has 0 heterocycles. The minimum Gasteiger partial charge on any atom is -0.477 e. The van der Waals surface area contributed by atoms with Crippen LogP contribution in [-0.2, 0) is 33.3 Å². The lowest BCUT2D eigenvalue weighted by atomic mass is 10.0. The van der Waals surface area contributed by atoms with Gasteiger partial charge in [0.15, 0.2) is 6.10 Å². The number of carbonyl (C=O) groups excluding carboxylic acids is 2. The average molecular weight is 1040 g/mol. The van der Waals surface area contributed by atoms with Gasteiger partial charge in [0.05, 0.1) is 34.4 Å². The molecule has 0 spiro atoms. The highest BCUT2D eigenvalue weighted by molar-refractivity contribution is 5.71. The highest BCUT2D eigenvalue weighted by Crippen LogP contribution is 2.17. The Kier molecular flexibility index (Phi) is 53.9. The summed E-state index contributed by atoms with van der Waals surface area (Å²) in [5.74, 6) is -1.99. The van der Waals surface area contributed by atoms with Gasteiger partial charge in [-0.15, -0.1) is 0 Å². The molecule has 0 aliphatic rings. The van der Waals surface area contributed by atoms with Crippen LogP contribution in [0.15, 0.2) is 60.8 Å². The van der Waals surface area contributed by atoms with Crippen LogP contribution in [0.1, 0.15) is 277 Å². The van der Waals surface area contributed by atoms with Crippen molar-refractivity contribution in [2.45, 2.75) is 289 Å². The average Bonchev–Trinajstić information content (AvgIpc) is 3.37. The first-order valence-corrected chi connectivity index (χ1v) is 31.0. The Labute approximate surface area is 456 Å². The number of ether oxygens (including phenoxy) is 4. The van der Waals surface area contributed by atoms with Crippen molar-refractivity contribution in [1.82, 2.24) is 0 Å². The molecule has 0 radical (unpaired) electrons. The molecule has 2 unspecified atom stereocenters. The van der Waals surface area contributed by atoms with Gasteiger partial charge in [-0.3, -0.25) is 9.59 Å². The summed E-state index contributed by atoms with van der Waals surface area (Å²) >= 11 is 0. The summed E-state index contributed by atoms with van der Waals surface area (Å²) in [5.41, 5.74) is 0. The molecule has 430 valence electrons. The van der Waals surface area contributed by atoms with E-state index >= 15 is 0 Å². The number of likely N-dealkylation sites (N-methyl/N-ethyl adjacent to an activating group) is 1. The van der Waals surface area contributed by atoms with Gasteiger partial charge >= 0.3 is 17.9 Å². The van der Waals surface area contributed by atoms with E-state index in [1.165, 1.54) is 180 Å². The number of unbranched alkanes of at least 4 members (excludes halogenated alkanes) is 32. The topological polar surface area (TPSA) is 108 Å². The molecule has 0 aromatic carbocycles. The van der Waals surface area contributed by atoms with Crippen LogP contribution in [0, 0.1) is 0 Å². The molecule has 0 aromatic rings. The van der Waals surface area contributed by atoms with E-state index in [1.54, 1.807) is 0 Å². The van der Waals surface area contributed by atoms with Crippen molar-refractivity contribution in [1.29, 1.82) is 0 Å². The van der Waals surface area contributed by atoms with E-state index in [4.69, 9.17) is 18.9 Å². The lowest BCUT2D eigenvalue weighted by molar-refractivity contribution is -0.870. The summed E-state index contributed by atoms with van der Waals surface area (Å²) < 4.78 is 22.9. The zero-order chi connectivity index (χ0) is 54.1. The molecule has 0 aliphatic heterocycles. The van der Waals surface area contributed by atoms with Crippen LogP contribution in [-0.4, -0.2) is 87.4 Å². The third-order valence-corrected chi connectivity index (χ3v) is 13.5. The molecule has 0 aliphatic carbocycles. The first-order valence-electron chi connectivity index (χ1n) is 31.0. The molecule has 0 saturated carbocycles. The fourth-order valence-corrected chi connectivity index (χ4v) is 8.81. The number of hydrogen-bond donors (Lipinski definition) is 1. The zero-order valence-corrected chi connectivity index (χ0v) is 49.0. The second kappa shape index (κ2) is 56.2. The first-order chi connectivity index (χ1) is 36.1. The van der Waals surface area contributed by atoms with Crippen molar-refractivity contribution in [3.05, 3.63) is 60.8 Å². The molecule has 1 N–H and O–H groups in total. The molecular formula is C65H118NO8+. The molecule has 9 heteroatoms. The standard InChI is InChI=1S/C65H117NO8/c1-6-8-10-12-14-16-18-20-22-24-26-27-28-29-30-31-32-33-34-35-36-37-38-40-42-44-46-48-50-52-54-56-63(68)74-61(60-73-65(64(69)70)71-58-57-66(3,4)5)59-72-62(67)55-53-51-49-47-45-43-41-39-25-23-21-19-17-15-13-11-9-7-2/h8,10,14,16,20,22,26-27,29-30,61,65H,6-7,9,11-13,15,17-19,21,23-25,28,31-60H2,1-5H3/p+1/b10-8-,16-14-,22-20-,27-26-,30-29-. The van der Waals surface area contributed by atoms with Gasteiger partial charge in [-0.2, -0.15) is 0 Å². The lowest BCUT2D eigenvalue weighted by Gasteiger charge is -2.25. The molecule has 0 fully saturated rings. The number of hydrogen-bond acceptors (Lipinski definition) is 7. The Bertz CT molecular complexity index is 1400. The number of rotatable bonds is 57. The lowest BCUT2D eigenvalue weighted by Crippen LogP contribution is -2.40. The van der Waals surface area contributed by atoms with E-state index in [1.807, 2.05) is 21.1 Å². The van der Waals surface area contributed by atoms with Gasteiger partial charge in [-0.1, -0.05) is 267 Å². The van der Waals surface area contributed by atoms with Crippen LogP contribution in [0.2, 0.25) is 0 Å². The molecule has 0 amide bonds. The van der Waals surface area contributed by atoms with Gasteiger partial charge in [0.25, 0.3) is 6.29 Å². The normalized spacial score (nSPS) is 13.1. The van der Waals surface area contributed by atoms with Crippen LogP contribution in [0.25, 0.3) is 0 Å². The third kappa shape index (κ3) is 56.7. The summed E-state index contributed by atoms with van der Waals surface area (Å²) in [4.78, 5) is 37.5. The summed E-state index contributed by atoms with van der Waals surface area (Å²) in [5, 5.41) is 9.71. The van der Waals surface area contributed by atoms with Gasteiger partial charge in [-0.25, -0.2) is 4.79 Å². The van der Waals surface area contributed by atoms with E-state index in [2.05, 4.69) is 74.6 Å². The van der Waals surface area contributed by atoms with E-state index < -0.39 is 24.3 Å². The Hall–Kier alpha value is -3.01. The third-order valence-electron chi connectivity index (χ3n) is 13.5. The smallest absolute Gasteiger partial charge is 0.361 e. The van der Waals surface area contributed by atoms with Crippen molar-refractivity contribution in [3.8, 4) is 0 Å². The molecule has 0 aromatic heterocycles. The van der Waals surface area contributed by atoms with Crippen molar-refractivity contribution in [2.75, 3.05) is 47.5 Å². The predicted octanol–water partition coefficient (Wildman–Crippen LogP) is 18.4. The molecule has 74 heavy (non-hydrogen) atoms. The highest BCUT2D eigenvalue weighted by atomic mass is 16.7. The summed E-state index contributed by atoms with van der Waals surface area (Å²) in [6, 6.07) is 0. The zero-order valence-electron chi connectivity index (χ0n) is 49.0. The number of quaternary nitrogens is 1. The summed E-state index contributed by atoms with van der Waals surface area (Å²) in [6.45, 7) is 4.80. The first kappa shape index (κ1) is 71.0. The second-order valence-electron chi connectivity index (χ2n) is 22.0. The van der Waals surface area contributed by atoms with Gasteiger partial charge in [0.2, 0.25) is 0 Å². The number of allylic oxidation sites excluding steroid dienone is 10. The Morgan fingerprint density at radius 3 is 1.15 bits per heavy atom. The SMILES string of the molecule is CC/C=C\C/C=C\C/C=C\C/C=C\C/C=C\CCCCCCCCCCCCCCCCCC(=O)OC(COC(=O)CCCCCCCCCCCCCCCCCCCC)COC(OCC[N+](C)(C)C)C(=O)O. The van der Waals surface area contributed by atoms with Gasteiger partial charge in [-0.05, 0) is 57.8 Å². The van der Waals surface area contributed by atoms with Crippen LogP contribution >= 0.6 is 0 Å². The van der Waals surface area contributed by atoms with Crippen LogP contribution in [0.3, 0.4) is 0 Å². The summed E-state index contributed by atoms with van der Waals surface area (Å²) in [7, 11) is 5.98. The van der Waals surface area contributed by atoms with E-state index in [9.17, 15) is 19.5 Å². The highest BCUT2D eigenvalue weighted by Gasteiger charge is 2.25.